The van der Waals surface area contributed by atoms with Crippen molar-refractivity contribution in [3.8, 4) is 0 Å². The molecular weight excluding hydrogens is 358 g/mol. The second kappa shape index (κ2) is 6.76. The van der Waals surface area contributed by atoms with Gasteiger partial charge in [-0.25, -0.2) is 13.4 Å². The molecule has 2 aromatic rings. The molecule has 0 unspecified atom stereocenters. The lowest BCUT2D eigenvalue weighted by atomic mass is 10.1. The molecule has 1 aliphatic rings. The Balaban J connectivity index is 1.82. The summed E-state index contributed by atoms with van der Waals surface area (Å²) in [5, 5.41) is 1.88. The van der Waals surface area contributed by atoms with E-state index in [0.717, 1.165) is 48.4 Å². The van der Waals surface area contributed by atoms with E-state index in [0.29, 0.717) is 10.6 Å². The number of carbonyl (C=O) groups excluding carboxylic acids is 1. The van der Waals surface area contributed by atoms with Gasteiger partial charge in [0.2, 0.25) is 0 Å². The van der Waals surface area contributed by atoms with Crippen molar-refractivity contribution in [3.05, 3.63) is 39.2 Å². The molecule has 1 aliphatic heterocycles. The molecule has 1 aromatic carbocycles. The normalized spacial score (nSPS) is 14.8. The summed E-state index contributed by atoms with van der Waals surface area (Å²) in [5.41, 5.74) is 2.64. The van der Waals surface area contributed by atoms with Crippen LogP contribution in [0.15, 0.2) is 22.4 Å². The van der Waals surface area contributed by atoms with Crippen LogP contribution in [0.1, 0.15) is 39.3 Å². The van der Waals surface area contributed by atoms with Gasteiger partial charge in [-0.05, 0) is 56.4 Å². The van der Waals surface area contributed by atoms with Crippen molar-refractivity contribution in [2.24, 2.45) is 0 Å². The van der Waals surface area contributed by atoms with Gasteiger partial charge in [0.05, 0.1) is 4.90 Å². The minimum Gasteiger partial charge on any atom is -0.337 e. The highest BCUT2D eigenvalue weighted by molar-refractivity contribution is 7.92. The van der Waals surface area contributed by atoms with E-state index in [1.165, 1.54) is 0 Å². The quantitative estimate of drug-likeness (QED) is 0.885. The Morgan fingerprint density at radius 1 is 1.12 bits per heavy atom. The zero-order valence-electron chi connectivity index (χ0n) is 14.5. The van der Waals surface area contributed by atoms with Crippen LogP contribution in [-0.2, 0) is 10.0 Å². The molecule has 134 valence electrons. The third-order valence-electron chi connectivity index (χ3n) is 4.40. The fourth-order valence-corrected chi connectivity index (χ4v) is 4.99. The van der Waals surface area contributed by atoms with Crippen molar-refractivity contribution < 1.29 is 13.2 Å². The number of hydrogen-bond donors (Lipinski definition) is 1. The fraction of sp³-hybridized carbons (Fsp3) is 0.412. The van der Waals surface area contributed by atoms with E-state index in [1.54, 1.807) is 23.3 Å². The lowest BCUT2D eigenvalue weighted by Gasteiger charge is -2.13. The number of thiazole rings is 1. The first-order chi connectivity index (χ1) is 11.8. The zero-order chi connectivity index (χ0) is 18.2. The molecule has 0 spiro atoms. The highest BCUT2D eigenvalue weighted by atomic mass is 32.2. The van der Waals surface area contributed by atoms with E-state index in [4.69, 9.17) is 0 Å². The average molecular weight is 380 g/mol. The van der Waals surface area contributed by atoms with E-state index in [2.05, 4.69) is 9.71 Å². The Labute approximate surface area is 151 Å². The number of nitrogens with one attached hydrogen (secondary N) is 1. The summed E-state index contributed by atoms with van der Waals surface area (Å²) in [6.45, 7) is 7.07. The number of likely N-dealkylation sites (tertiary alicyclic amines) is 1. The first-order valence-corrected chi connectivity index (χ1v) is 10.5. The average Bonchev–Trinajstić information content (AvgIpc) is 3.21. The van der Waals surface area contributed by atoms with Crippen LogP contribution in [-0.4, -0.2) is 37.3 Å². The van der Waals surface area contributed by atoms with Gasteiger partial charge >= 0.3 is 0 Å². The summed E-state index contributed by atoms with van der Waals surface area (Å²) >= 11 is 1.16. The van der Waals surface area contributed by atoms with Gasteiger partial charge in [-0.3, -0.25) is 9.52 Å². The topological polar surface area (TPSA) is 79.4 Å². The molecule has 0 bridgehead atoms. The van der Waals surface area contributed by atoms with E-state index >= 15 is 0 Å². The molecule has 0 saturated carbocycles. The monoisotopic (exact) mass is 379 g/mol. The van der Waals surface area contributed by atoms with Crippen molar-refractivity contribution in [1.29, 1.82) is 0 Å². The van der Waals surface area contributed by atoms with Crippen LogP contribution < -0.4 is 4.72 Å². The Hall–Kier alpha value is -1.93. The van der Waals surface area contributed by atoms with Gasteiger partial charge in [-0.15, -0.1) is 11.3 Å². The SMILES string of the molecule is Cc1cc(C)c(S(=O)(=O)Nc2csc(C(=O)N3CCCC3)n2)cc1C. The smallest absolute Gasteiger partial charge is 0.282 e. The molecule has 1 amide bonds. The van der Waals surface area contributed by atoms with Gasteiger partial charge in [-0.1, -0.05) is 6.07 Å². The van der Waals surface area contributed by atoms with Gasteiger partial charge in [0, 0.05) is 18.5 Å². The predicted octanol–water partition coefficient (Wildman–Crippen LogP) is 3.11. The molecule has 3 rings (SSSR count). The third-order valence-corrected chi connectivity index (χ3v) is 6.73. The number of amides is 1. The van der Waals surface area contributed by atoms with Gasteiger partial charge in [0.25, 0.3) is 15.9 Å². The Bertz CT molecular complexity index is 913. The molecule has 6 nitrogen and oxygen atoms in total. The molecule has 25 heavy (non-hydrogen) atoms. The van der Waals surface area contributed by atoms with Crippen LogP contribution in [0.2, 0.25) is 0 Å². The summed E-state index contributed by atoms with van der Waals surface area (Å²) < 4.78 is 27.8. The number of hydrogen-bond acceptors (Lipinski definition) is 5. The highest BCUT2D eigenvalue weighted by Gasteiger charge is 2.24. The molecule has 0 atom stereocenters. The molecule has 8 heteroatoms. The van der Waals surface area contributed by atoms with E-state index in [-0.39, 0.29) is 16.6 Å². The Morgan fingerprint density at radius 2 is 1.76 bits per heavy atom. The maximum Gasteiger partial charge on any atom is 0.282 e. The van der Waals surface area contributed by atoms with Crippen molar-refractivity contribution >= 4 is 33.1 Å². The highest BCUT2D eigenvalue weighted by Crippen LogP contribution is 2.24. The fourth-order valence-electron chi connectivity index (χ4n) is 2.89. The molecule has 2 heterocycles. The van der Waals surface area contributed by atoms with E-state index in [1.807, 2.05) is 19.9 Å². The number of nitrogens with zero attached hydrogens (tertiary/aromatic N) is 2. The summed E-state index contributed by atoms with van der Waals surface area (Å²) in [6.07, 6.45) is 2.01. The first-order valence-electron chi connectivity index (χ1n) is 8.13. The van der Waals surface area contributed by atoms with Crippen LogP contribution in [0.3, 0.4) is 0 Å². The maximum atomic E-state index is 12.7. The molecule has 0 aliphatic carbocycles. The maximum absolute atomic E-state index is 12.7. The van der Waals surface area contributed by atoms with Gasteiger partial charge < -0.3 is 4.90 Å². The third kappa shape index (κ3) is 3.69. The van der Waals surface area contributed by atoms with Crippen molar-refractivity contribution in [3.63, 3.8) is 0 Å². The summed E-state index contributed by atoms with van der Waals surface area (Å²) in [6, 6.07) is 3.52. The minimum atomic E-state index is -3.75. The number of rotatable bonds is 4. The molecular formula is C17H21N3O3S2. The van der Waals surface area contributed by atoms with Crippen LogP contribution in [0.5, 0.6) is 0 Å². The summed E-state index contributed by atoms with van der Waals surface area (Å²) in [4.78, 5) is 18.5. The van der Waals surface area contributed by atoms with Gasteiger partial charge in [-0.2, -0.15) is 0 Å². The molecule has 1 aromatic heterocycles. The number of aromatic nitrogens is 1. The van der Waals surface area contributed by atoms with Crippen LogP contribution >= 0.6 is 11.3 Å². The minimum absolute atomic E-state index is 0.129. The lowest BCUT2D eigenvalue weighted by Crippen LogP contribution is -2.27. The second-order valence-electron chi connectivity index (χ2n) is 6.34. The Kier molecular flexibility index (Phi) is 4.83. The van der Waals surface area contributed by atoms with E-state index < -0.39 is 10.0 Å². The number of anilines is 1. The van der Waals surface area contributed by atoms with Crippen molar-refractivity contribution in [1.82, 2.24) is 9.88 Å². The predicted molar refractivity (Wildman–Crippen MR) is 98.7 cm³/mol. The molecule has 1 N–H and O–H groups in total. The summed E-state index contributed by atoms with van der Waals surface area (Å²) in [5.74, 6) is 0.0560. The Morgan fingerprint density at radius 3 is 2.44 bits per heavy atom. The van der Waals surface area contributed by atoms with E-state index in [9.17, 15) is 13.2 Å². The van der Waals surface area contributed by atoms with Crippen LogP contribution in [0, 0.1) is 20.8 Å². The number of sulfonamides is 1. The van der Waals surface area contributed by atoms with Crippen LogP contribution in [0.4, 0.5) is 5.82 Å². The van der Waals surface area contributed by atoms with Crippen molar-refractivity contribution in [2.45, 2.75) is 38.5 Å². The van der Waals surface area contributed by atoms with Crippen molar-refractivity contribution in [2.75, 3.05) is 17.8 Å². The van der Waals surface area contributed by atoms with Gasteiger partial charge in [0.1, 0.15) is 0 Å². The first kappa shape index (κ1) is 17.9. The largest absolute Gasteiger partial charge is 0.337 e. The molecule has 0 radical (unpaired) electrons. The van der Waals surface area contributed by atoms with Gasteiger partial charge in [0.15, 0.2) is 10.8 Å². The number of aryl methyl sites for hydroxylation is 3. The molecule has 1 fully saturated rings. The number of carbonyl (C=O) groups is 1. The second-order valence-corrected chi connectivity index (χ2v) is 8.85. The van der Waals surface area contributed by atoms with Crippen LogP contribution in [0.25, 0.3) is 0 Å². The molecule has 1 saturated heterocycles. The summed E-state index contributed by atoms with van der Waals surface area (Å²) in [7, 11) is -3.75. The lowest BCUT2D eigenvalue weighted by molar-refractivity contribution is 0.0792. The zero-order valence-corrected chi connectivity index (χ0v) is 16.1. The standard InChI is InChI=1S/C17H21N3O3S2/c1-11-8-13(3)14(9-12(11)2)25(22,23)19-15-10-24-16(18-15)17(21)20-6-4-5-7-20/h8-10,19H,4-7H2,1-3H3. The number of benzene rings is 1.